The van der Waals surface area contributed by atoms with Gasteiger partial charge in [0.05, 0.1) is 39.4 Å². The lowest BCUT2D eigenvalue weighted by atomic mass is 9.95. The molecule has 0 N–H and O–H groups in total. The number of nitrogens with zero attached hydrogens (tertiary/aromatic N) is 6. The number of hydrogen-bond acceptors (Lipinski definition) is 4. The summed E-state index contributed by atoms with van der Waals surface area (Å²) in [6.45, 7) is 6.32. The monoisotopic (exact) mass is 644 g/mol. The van der Waals surface area contributed by atoms with E-state index in [4.69, 9.17) is 15.0 Å². The lowest BCUT2D eigenvalue weighted by Crippen LogP contribution is -2.18. The van der Waals surface area contributed by atoms with Gasteiger partial charge in [0.25, 0.3) is 0 Å². The SMILES string of the molecule is CC(C)(C)c1nc(-c2ccccc2)nc(-c2cc(C#N)ccc2-n2c3ccccc3c3cc(-n4c5ccccc5c5ccccc54)ccc32)n1. The predicted molar refractivity (Wildman–Crippen MR) is 203 cm³/mol. The van der Waals surface area contributed by atoms with Crippen molar-refractivity contribution in [2.45, 2.75) is 26.2 Å². The van der Waals surface area contributed by atoms with Crippen LogP contribution >= 0.6 is 0 Å². The van der Waals surface area contributed by atoms with E-state index < -0.39 is 0 Å². The number of para-hydroxylation sites is 3. The molecule has 0 radical (unpaired) electrons. The van der Waals surface area contributed by atoms with Crippen molar-refractivity contribution in [1.29, 1.82) is 5.26 Å². The highest BCUT2D eigenvalue weighted by Gasteiger charge is 2.24. The van der Waals surface area contributed by atoms with Gasteiger partial charge >= 0.3 is 0 Å². The van der Waals surface area contributed by atoms with E-state index in [0.717, 1.165) is 44.3 Å². The molecule has 0 bridgehead atoms. The molecule has 50 heavy (non-hydrogen) atoms. The summed E-state index contributed by atoms with van der Waals surface area (Å²) in [5.74, 6) is 1.82. The Labute approximate surface area is 289 Å². The molecule has 0 spiro atoms. The van der Waals surface area contributed by atoms with E-state index in [-0.39, 0.29) is 5.41 Å². The van der Waals surface area contributed by atoms with Gasteiger partial charge in [0, 0.05) is 43.8 Å². The van der Waals surface area contributed by atoms with Crippen molar-refractivity contribution >= 4 is 43.6 Å². The van der Waals surface area contributed by atoms with E-state index in [0.29, 0.717) is 23.0 Å². The first-order valence-electron chi connectivity index (χ1n) is 16.8. The van der Waals surface area contributed by atoms with Crippen LogP contribution in [0.1, 0.15) is 32.2 Å². The molecule has 0 saturated heterocycles. The van der Waals surface area contributed by atoms with Gasteiger partial charge in [-0.25, -0.2) is 15.0 Å². The summed E-state index contributed by atoms with van der Waals surface area (Å²) in [5, 5.41) is 14.8. The minimum absolute atomic E-state index is 0.329. The molecule has 3 heterocycles. The Kier molecular flexibility index (Phi) is 6.65. The molecule has 0 saturated carbocycles. The summed E-state index contributed by atoms with van der Waals surface area (Å²) in [4.78, 5) is 15.0. The van der Waals surface area contributed by atoms with Crippen LogP contribution in [0, 0.1) is 11.3 Å². The zero-order valence-electron chi connectivity index (χ0n) is 28.0. The maximum atomic E-state index is 10.0. The fraction of sp³-hybridized carbons (Fsp3) is 0.0909. The molecule has 6 nitrogen and oxygen atoms in total. The van der Waals surface area contributed by atoms with Crippen LogP contribution in [0.5, 0.6) is 0 Å². The third-order valence-corrected chi connectivity index (χ3v) is 9.44. The second-order valence-corrected chi connectivity index (χ2v) is 13.7. The Bertz CT molecular complexity index is 2760. The quantitative estimate of drug-likeness (QED) is 0.191. The third kappa shape index (κ3) is 4.67. The van der Waals surface area contributed by atoms with Crippen molar-refractivity contribution in [2.75, 3.05) is 0 Å². The number of benzene rings is 6. The average Bonchev–Trinajstić information content (AvgIpc) is 3.67. The molecule has 6 aromatic carbocycles. The van der Waals surface area contributed by atoms with Gasteiger partial charge in [0.1, 0.15) is 5.82 Å². The van der Waals surface area contributed by atoms with Gasteiger partial charge in [-0.05, 0) is 54.6 Å². The first-order valence-corrected chi connectivity index (χ1v) is 16.8. The molecule has 9 aromatic rings. The molecule has 3 aromatic heterocycles. The highest BCUT2D eigenvalue weighted by atomic mass is 15.1. The summed E-state index contributed by atoms with van der Waals surface area (Å²) in [5.41, 5.74) is 8.33. The minimum Gasteiger partial charge on any atom is -0.309 e. The second kappa shape index (κ2) is 11.3. The lowest BCUT2D eigenvalue weighted by molar-refractivity contribution is 0.543. The Balaban J connectivity index is 1.32. The van der Waals surface area contributed by atoms with Crippen LogP contribution < -0.4 is 0 Å². The molecule has 6 heteroatoms. The molecule has 0 unspecified atom stereocenters. The lowest BCUT2D eigenvalue weighted by Gasteiger charge is -2.19. The molecule has 0 atom stereocenters. The maximum Gasteiger partial charge on any atom is 0.165 e. The number of rotatable bonds is 4. The van der Waals surface area contributed by atoms with Gasteiger partial charge < -0.3 is 9.13 Å². The van der Waals surface area contributed by atoms with Crippen molar-refractivity contribution in [2.24, 2.45) is 0 Å². The summed E-state index contributed by atoms with van der Waals surface area (Å²) in [7, 11) is 0. The Morgan fingerprint density at radius 1 is 0.520 bits per heavy atom. The standard InChI is InChI=1S/C44H32N6/c1-44(2,3)43-47-41(29-13-5-4-6-14-29)46-42(48-43)35-25-28(27-45)21-23-40(35)50-38-20-12-9-17-33(38)34-26-30(22-24-39(34)50)49-36-18-10-7-15-31(36)32-16-8-11-19-37(32)49/h4-26H,1-3H3. The molecule has 0 aliphatic heterocycles. The van der Waals surface area contributed by atoms with Crippen molar-refractivity contribution in [3.63, 3.8) is 0 Å². The van der Waals surface area contributed by atoms with Crippen LogP contribution in [-0.2, 0) is 5.41 Å². The van der Waals surface area contributed by atoms with Gasteiger partial charge in [-0.2, -0.15) is 5.26 Å². The van der Waals surface area contributed by atoms with E-state index in [1.165, 1.54) is 21.8 Å². The van der Waals surface area contributed by atoms with Gasteiger partial charge in [0.15, 0.2) is 11.6 Å². The van der Waals surface area contributed by atoms with Gasteiger partial charge in [-0.15, -0.1) is 0 Å². The fourth-order valence-electron chi connectivity index (χ4n) is 7.09. The van der Waals surface area contributed by atoms with Crippen LogP contribution in [0.4, 0.5) is 0 Å². The van der Waals surface area contributed by atoms with Crippen LogP contribution in [0.25, 0.3) is 77.8 Å². The highest BCUT2D eigenvalue weighted by Crippen LogP contribution is 2.39. The molecule has 0 amide bonds. The summed E-state index contributed by atoms with van der Waals surface area (Å²) >= 11 is 0. The number of aromatic nitrogens is 5. The molecule has 0 fully saturated rings. The number of fused-ring (bicyclic) bond motifs is 6. The maximum absolute atomic E-state index is 10.0. The molecule has 0 aliphatic rings. The largest absolute Gasteiger partial charge is 0.309 e. The normalized spacial score (nSPS) is 11.9. The smallest absolute Gasteiger partial charge is 0.165 e. The van der Waals surface area contributed by atoms with Gasteiger partial charge in [-0.3, -0.25) is 0 Å². The minimum atomic E-state index is -0.329. The van der Waals surface area contributed by atoms with Gasteiger partial charge in [0.2, 0.25) is 0 Å². The van der Waals surface area contributed by atoms with E-state index in [1.807, 2.05) is 48.5 Å². The van der Waals surface area contributed by atoms with Crippen LogP contribution in [0.3, 0.4) is 0 Å². The molecular formula is C44H32N6. The van der Waals surface area contributed by atoms with Crippen LogP contribution in [0.15, 0.2) is 140 Å². The Morgan fingerprint density at radius 3 is 1.72 bits per heavy atom. The van der Waals surface area contributed by atoms with Crippen molar-refractivity contribution in [3.8, 4) is 40.2 Å². The topological polar surface area (TPSA) is 72.3 Å². The van der Waals surface area contributed by atoms with Crippen molar-refractivity contribution in [3.05, 3.63) is 151 Å². The zero-order chi connectivity index (χ0) is 34.0. The molecular weight excluding hydrogens is 613 g/mol. The molecule has 238 valence electrons. The van der Waals surface area contributed by atoms with E-state index in [9.17, 15) is 5.26 Å². The molecule has 9 rings (SSSR count). The predicted octanol–water partition coefficient (Wildman–Crippen LogP) is 10.6. The second-order valence-electron chi connectivity index (χ2n) is 13.7. The average molecular weight is 645 g/mol. The first kappa shape index (κ1) is 29.6. The third-order valence-electron chi connectivity index (χ3n) is 9.44. The summed E-state index contributed by atoms with van der Waals surface area (Å²) < 4.78 is 4.63. The highest BCUT2D eigenvalue weighted by molar-refractivity contribution is 6.12. The fourth-order valence-corrected chi connectivity index (χ4v) is 7.09. The zero-order valence-corrected chi connectivity index (χ0v) is 28.0. The van der Waals surface area contributed by atoms with E-state index in [1.54, 1.807) is 0 Å². The first-order chi connectivity index (χ1) is 24.4. The van der Waals surface area contributed by atoms with E-state index in [2.05, 4.69) is 127 Å². The van der Waals surface area contributed by atoms with Gasteiger partial charge in [-0.1, -0.05) is 106 Å². The van der Waals surface area contributed by atoms with Crippen molar-refractivity contribution < 1.29 is 0 Å². The Morgan fingerprint density at radius 2 is 1.08 bits per heavy atom. The van der Waals surface area contributed by atoms with Crippen LogP contribution in [0.2, 0.25) is 0 Å². The number of nitriles is 1. The number of hydrogen-bond donors (Lipinski definition) is 0. The molecule has 0 aliphatic carbocycles. The Hall–Kier alpha value is -6.58. The van der Waals surface area contributed by atoms with Crippen LogP contribution in [-0.4, -0.2) is 24.1 Å². The van der Waals surface area contributed by atoms with Crippen molar-refractivity contribution in [1.82, 2.24) is 24.1 Å². The summed E-state index contributed by atoms with van der Waals surface area (Å²) in [6.07, 6.45) is 0. The summed E-state index contributed by atoms with van der Waals surface area (Å²) in [6, 6.07) is 50.5. The van der Waals surface area contributed by atoms with E-state index >= 15 is 0 Å².